The van der Waals surface area contributed by atoms with Gasteiger partial charge < -0.3 is 14.7 Å². The maximum Gasteiger partial charge on any atom is 0.338 e. The molecule has 1 aliphatic heterocycles. The molecule has 1 N–H and O–H groups in total. The van der Waals surface area contributed by atoms with Crippen LogP contribution in [0.4, 0.5) is 5.69 Å². The quantitative estimate of drug-likeness (QED) is 0.817. The van der Waals surface area contributed by atoms with Gasteiger partial charge in [-0.05, 0) is 36.6 Å². The van der Waals surface area contributed by atoms with Crippen LogP contribution in [0.15, 0.2) is 23.1 Å². The van der Waals surface area contributed by atoms with E-state index in [2.05, 4.69) is 4.90 Å². The first-order valence-electron chi connectivity index (χ1n) is 7.41. The fraction of sp³-hybridized carbons (Fsp3) is 0.562. The molecule has 1 fully saturated rings. The molecule has 0 unspecified atom stereocenters. The standard InChI is InChI=1S/C16H23NO3S/c1-3-21-14-6-4-5-13(15(14)16(18)19)17(2)11-12-7-9-20-10-8-12/h4-6,12H,3,7-11H2,1-2H3,(H,18,19). The monoisotopic (exact) mass is 309 g/mol. The molecule has 0 atom stereocenters. The molecule has 0 aliphatic carbocycles. The van der Waals surface area contributed by atoms with Crippen LogP contribution in [0.1, 0.15) is 30.1 Å². The predicted octanol–water partition coefficient (Wildman–Crippen LogP) is 3.36. The lowest BCUT2D eigenvalue weighted by molar-refractivity contribution is 0.0676. The highest BCUT2D eigenvalue weighted by Gasteiger charge is 2.21. The van der Waals surface area contributed by atoms with Crippen LogP contribution in [0.2, 0.25) is 0 Å². The zero-order chi connectivity index (χ0) is 15.2. The first kappa shape index (κ1) is 16.2. The lowest BCUT2D eigenvalue weighted by Gasteiger charge is -2.29. The van der Waals surface area contributed by atoms with E-state index in [9.17, 15) is 9.90 Å². The van der Waals surface area contributed by atoms with Crippen molar-refractivity contribution in [2.24, 2.45) is 5.92 Å². The van der Waals surface area contributed by atoms with Gasteiger partial charge in [0.25, 0.3) is 0 Å². The largest absolute Gasteiger partial charge is 0.478 e. The first-order chi connectivity index (χ1) is 10.1. The van der Waals surface area contributed by atoms with E-state index in [1.54, 1.807) is 11.8 Å². The number of aromatic carboxylic acids is 1. The summed E-state index contributed by atoms with van der Waals surface area (Å²) in [6.07, 6.45) is 2.10. The fourth-order valence-corrected chi connectivity index (χ4v) is 3.57. The van der Waals surface area contributed by atoms with Gasteiger partial charge in [0.15, 0.2) is 0 Å². The molecule has 1 saturated heterocycles. The average Bonchev–Trinajstić information content (AvgIpc) is 2.48. The zero-order valence-corrected chi connectivity index (χ0v) is 13.5. The van der Waals surface area contributed by atoms with Crippen molar-refractivity contribution in [2.45, 2.75) is 24.7 Å². The Morgan fingerprint density at radius 2 is 2.14 bits per heavy atom. The molecule has 21 heavy (non-hydrogen) atoms. The van der Waals surface area contributed by atoms with Gasteiger partial charge in [-0.2, -0.15) is 0 Å². The topological polar surface area (TPSA) is 49.8 Å². The second kappa shape index (κ2) is 7.71. The molecule has 0 aromatic heterocycles. The van der Waals surface area contributed by atoms with E-state index in [1.165, 1.54) is 0 Å². The summed E-state index contributed by atoms with van der Waals surface area (Å²) in [4.78, 5) is 14.6. The van der Waals surface area contributed by atoms with Crippen LogP contribution in [0.3, 0.4) is 0 Å². The minimum atomic E-state index is -0.847. The fourth-order valence-electron chi connectivity index (χ4n) is 2.74. The summed E-state index contributed by atoms with van der Waals surface area (Å²) in [5.74, 6) is 0.598. The number of anilines is 1. The summed E-state index contributed by atoms with van der Waals surface area (Å²) in [6.45, 7) is 4.55. The number of benzene rings is 1. The molecule has 0 amide bonds. The van der Waals surface area contributed by atoms with Crippen molar-refractivity contribution in [1.29, 1.82) is 0 Å². The first-order valence-corrected chi connectivity index (χ1v) is 8.40. The number of thioether (sulfide) groups is 1. The summed E-state index contributed by atoms with van der Waals surface area (Å²) in [6, 6.07) is 5.74. The number of rotatable bonds is 6. The third kappa shape index (κ3) is 4.14. The van der Waals surface area contributed by atoms with Gasteiger partial charge in [0.2, 0.25) is 0 Å². The maximum atomic E-state index is 11.7. The summed E-state index contributed by atoms with van der Waals surface area (Å²) in [7, 11) is 1.98. The Morgan fingerprint density at radius 3 is 2.76 bits per heavy atom. The smallest absolute Gasteiger partial charge is 0.338 e. The average molecular weight is 309 g/mol. The predicted molar refractivity (Wildman–Crippen MR) is 86.6 cm³/mol. The molecule has 1 aromatic carbocycles. The SMILES string of the molecule is CCSc1cccc(N(C)CC2CCOCC2)c1C(=O)O. The van der Waals surface area contributed by atoms with Crippen LogP contribution in [-0.2, 0) is 4.74 Å². The summed E-state index contributed by atoms with van der Waals surface area (Å²) in [5, 5.41) is 9.57. The molecule has 5 heteroatoms. The molecule has 1 heterocycles. The summed E-state index contributed by atoms with van der Waals surface area (Å²) >= 11 is 1.58. The number of hydrogen-bond acceptors (Lipinski definition) is 4. The Balaban J connectivity index is 2.20. The van der Waals surface area contributed by atoms with Crippen LogP contribution in [0.25, 0.3) is 0 Å². The molecule has 1 aromatic rings. The van der Waals surface area contributed by atoms with Crippen molar-refractivity contribution < 1.29 is 14.6 Å². The number of ether oxygens (including phenoxy) is 1. The molecule has 1 aliphatic rings. The van der Waals surface area contributed by atoms with Crippen LogP contribution >= 0.6 is 11.8 Å². The van der Waals surface area contributed by atoms with E-state index in [4.69, 9.17) is 4.74 Å². The van der Waals surface area contributed by atoms with Gasteiger partial charge in [0, 0.05) is 31.7 Å². The molecule has 0 spiro atoms. The van der Waals surface area contributed by atoms with Gasteiger partial charge in [-0.15, -0.1) is 11.8 Å². The maximum absolute atomic E-state index is 11.7. The molecule has 0 saturated carbocycles. The lowest BCUT2D eigenvalue weighted by Crippen LogP contribution is -2.30. The third-order valence-electron chi connectivity index (χ3n) is 3.80. The molecule has 116 valence electrons. The van der Waals surface area contributed by atoms with Crippen molar-refractivity contribution in [3.8, 4) is 0 Å². The Labute approximate surface area is 130 Å². The Hall–Kier alpha value is -1.20. The van der Waals surface area contributed by atoms with Gasteiger partial charge in [-0.1, -0.05) is 13.0 Å². The van der Waals surface area contributed by atoms with Crippen LogP contribution in [-0.4, -0.2) is 43.6 Å². The number of hydrogen-bond donors (Lipinski definition) is 1. The molecule has 0 bridgehead atoms. The third-order valence-corrected chi connectivity index (χ3v) is 4.74. The van der Waals surface area contributed by atoms with Crippen LogP contribution in [0.5, 0.6) is 0 Å². The van der Waals surface area contributed by atoms with Crippen molar-refractivity contribution in [2.75, 3.05) is 37.5 Å². The van der Waals surface area contributed by atoms with Crippen LogP contribution in [0, 0.1) is 5.92 Å². The van der Waals surface area contributed by atoms with E-state index in [-0.39, 0.29) is 0 Å². The van der Waals surface area contributed by atoms with E-state index in [0.29, 0.717) is 11.5 Å². The normalized spacial score (nSPS) is 15.9. The van der Waals surface area contributed by atoms with E-state index in [0.717, 1.165) is 48.9 Å². The molecule has 0 radical (unpaired) electrons. The highest BCUT2D eigenvalue weighted by Crippen LogP contribution is 2.31. The van der Waals surface area contributed by atoms with E-state index >= 15 is 0 Å². The molecule has 4 nitrogen and oxygen atoms in total. The molecular formula is C16H23NO3S. The second-order valence-electron chi connectivity index (χ2n) is 5.32. The summed E-state index contributed by atoms with van der Waals surface area (Å²) < 4.78 is 5.38. The Morgan fingerprint density at radius 1 is 1.43 bits per heavy atom. The number of carbonyl (C=O) groups is 1. The minimum absolute atomic E-state index is 0.430. The second-order valence-corrected chi connectivity index (χ2v) is 6.63. The lowest BCUT2D eigenvalue weighted by atomic mass is 9.99. The highest BCUT2D eigenvalue weighted by molar-refractivity contribution is 7.99. The Bertz CT molecular complexity index is 486. The minimum Gasteiger partial charge on any atom is -0.478 e. The van der Waals surface area contributed by atoms with Gasteiger partial charge in [-0.25, -0.2) is 4.79 Å². The van der Waals surface area contributed by atoms with E-state index < -0.39 is 5.97 Å². The van der Waals surface area contributed by atoms with Gasteiger partial charge >= 0.3 is 5.97 Å². The van der Waals surface area contributed by atoms with Gasteiger partial charge in [0.1, 0.15) is 0 Å². The zero-order valence-electron chi connectivity index (χ0n) is 12.7. The number of carboxylic acid groups (broad SMARTS) is 1. The Kier molecular flexibility index (Phi) is 5.94. The molecule has 2 rings (SSSR count). The number of carboxylic acids is 1. The van der Waals surface area contributed by atoms with Crippen molar-refractivity contribution in [3.05, 3.63) is 23.8 Å². The van der Waals surface area contributed by atoms with Crippen LogP contribution < -0.4 is 4.90 Å². The number of nitrogens with zero attached hydrogens (tertiary/aromatic N) is 1. The van der Waals surface area contributed by atoms with Gasteiger partial charge in [0.05, 0.1) is 11.3 Å². The summed E-state index contributed by atoms with van der Waals surface area (Å²) in [5.41, 5.74) is 1.24. The van der Waals surface area contributed by atoms with Crippen molar-refractivity contribution in [3.63, 3.8) is 0 Å². The van der Waals surface area contributed by atoms with Crippen molar-refractivity contribution in [1.82, 2.24) is 0 Å². The van der Waals surface area contributed by atoms with Crippen molar-refractivity contribution >= 4 is 23.4 Å². The van der Waals surface area contributed by atoms with E-state index in [1.807, 2.05) is 32.2 Å². The van der Waals surface area contributed by atoms with Gasteiger partial charge in [-0.3, -0.25) is 0 Å². The highest BCUT2D eigenvalue weighted by atomic mass is 32.2. The molecular weight excluding hydrogens is 286 g/mol.